The minimum atomic E-state index is -0.386. The number of ether oxygens (including phenoxy) is 1. The Balaban J connectivity index is 1.60. The molecule has 0 fully saturated rings. The lowest BCUT2D eigenvalue weighted by Crippen LogP contribution is -2.39. The molecule has 2 aromatic rings. The second kappa shape index (κ2) is 8.97. The van der Waals surface area contributed by atoms with Crippen molar-refractivity contribution in [1.29, 1.82) is 0 Å². The van der Waals surface area contributed by atoms with Crippen LogP contribution in [0.5, 0.6) is 5.75 Å². The standard InChI is InChI=1S/C28H28FNO3/c1-2-30-21-8-5-10-23(31)27(21)26(28-22(30)9-6-11-24(28)32)20-7-3-4-12-25(20)33-17-18-13-15-19(29)16-14-18/h3-4,7,12-16,26H,2,5-6,8-11,17H2,1H3. The first-order valence-corrected chi connectivity index (χ1v) is 11.8. The van der Waals surface area contributed by atoms with Crippen molar-refractivity contribution in [3.63, 3.8) is 0 Å². The van der Waals surface area contributed by atoms with E-state index < -0.39 is 0 Å². The van der Waals surface area contributed by atoms with Gasteiger partial charge in [0.05, 0.1) is 0 Å². The van der Waals surface area contributed by atoms with E-state index in [0.717, 1.165) is 65.9 Å². The van der Waals surface area contributed by atoms with Crippen LogP contribution >= 0.6 is 0 Å². The Morgan fingerprint density at radius 3 is 2.09 bits per heavy atom. The number of carbonyl (C=O) groups is 2. The van der Waals surface area contributed by atoms with Crippen molar-refractivity contribution in [3.05, 3.63) is 88.0 Å². The molecule has 0 saturated heterocycles. The van der Waals surface area contributed by atoms with Crippen molar-refractivity contribution in [3.8, 4) is 5.75 Å². The zero-order valence-electron chi connectivity index (χ0n) is 18.9. The van der Waals surface area contributed by atoms with E-state index in [1.807, 2.05) is 24.3 Å². The minimum Gasteiger partial charge on any atom is -0.489 e. The first-order valence-electron chi connectivity index (χ1n) is 11.8. The third-order valence-electron chi connectivity index (χ3n) is 6.94. The Kier molecular flexibility index (Phi) is 5.88. The third-order valence-corrected chi connectivity index (χ3v) is 6.94. The summed E-state index contributed by atoms with van der Waals surface area (Å²) in [5.74, 6) is 0.262. The van der Waals surface area contributed by atoms with Crippen LogP contribution in [0.25, 0.3) is 0 Å². The van der Waals surface area contributed by atoms with Crippen molar-refractivity contribution in [2.24, 2.45) is 0 Å². The summed E-state index contributed by atoms with van der Waals surface area (Å²) in [6.07, 6.45) is 4.44. The number of ketones is 2. The van der Waals surface area contributed by atoms with Gasteiger partial charge in [0.2, 0.25) is 0 Å². The quantitative estimate of drug-likeness (QED) is 0.580. The number of Topliss-reactive ketones (excluding diaryl/α,β-unsaturated/α-hetero) is 2. The Labute approximate surface area is 193 Å². The molecule has 0 unspecified atom stereocenters. The highest BCUT2D eigenvalue weighted by atomic mass is 19.1. The van der Waals surface area contributed by atoms with E-state index in [2.05, 4.69) is 11.8 Å². The van der Waals surface area contributed by atoms with Crippen LogP contribution in [0.2, 0.25) is 0 Å². The van der Waals surface area contributed by atoms with Gasteiger partial charge in [-0.1, -0.05) is 30.3 Å². The molecule has 3 aliphatic rings. The summed E-state index contributed by atoms with van der Waals surface area (Å²) in [5.41, 5.74) is 5.43. The van der Waals surface area contributed by atoms with Crippen LogP contribution in [0, 0.1) is 5.82 Å². The number of para-hydroxylation sites is 1. The highest BCUT2D eigenvalue weighted by Crippen LogP contribution is 2.50. The molecule has 2 aromatic carbocycles. The molecule has 1 heterocycles. The number of nitrogens with zero attached hydrogens (tertiary/aromatic N) is 1. The molecule has 0 atom stereocenters. The maximum Gasteiger partial charge on any atom is 0.161 e. The number of rotatable bonds is 5. The summed E-state index contributed by atoms with van der Waals surface area (Å²) in [5, 5.41) is 0. The topological polar surface area (TPSA) is 46.6 Å². The van der Waals surface area contributed by atoms with E-state index >= 15 is 0 Å². The zero-order valence-corrected chi connectivity index (χ0v) is 18.9. The molecule has 0 saturated carbocycles. The number of allylic oxidation sites excluding steroid dienone is 4. The van der Waals surface area contributed by atoms with Gasteiger partial charge >= 0.3 is 0 Å². The van der Waals surface area contributed by atoms with Gasteiger partial charge in [-0.05, 0) is 56.4 Å². The zero-order chi connectivity index (χ0) is 22.9. The summed E-state index contributed by atoms with van der Waals surface area (Å²) in [4.78, 5) is 28.8. The predicted molar refractivity (Wildman–Crippen MR) is 124 cm³/mol. The van der Waals surface area contributed by atoms with Gasteiger partial charge in [-0.3, -0.25) is 9.59 Å². The average molecular weight is 446 g/mol. The molecule has 2 aliphatic carbocycles. The lowest BCUT2D eigenvalue weighted by Gasteiger charge is -2.43. The van der Waals surface area contributed by atoms with Crippen molar-refractivity contribution in [1.82, 2.24) is 4.90 Å². The van der Waals surface area contributed by atoms with Crippen LogP contribution in [0.1, 0.15) is 62.5 Å². The number of hydrogen-bond donors (Lipinski definition) is 0. The van der Waals surface area contributed by atoms with Crippen LogP contribution in [0.4, 0.5) is 4.39 Å². The normalized spacial score (nSPS) is 19.0. The fourth-order valence-electron chi connectivity index (χ4n) is 5.50. The van der Waals surface area contributed by atoms with Gasteiger partial charge in [0.25, 0.3) is 0 Å². The Bertz CT molecular complexity index is 1120. The SMILES string of the molecule is CCN1C2=C(C(=O)CCC2)C(c2ccccc2OCc2ccc(F)cc2)C2=C1CCCC2=O. The number of benzene rings is 2. The van der Waals surface area contributed by atoms with E-state index in [-0.39, 0.29) is 29.9 Å². The molecular formula is C28H28FNO3. The van der Waals surface area contributed by atoms with Gasteiger partial charge in [-0.15, -0.1) is 0 Å². The summed E-state index contributed by atoms with van der Waals surface area (Å²) in [6, 6.07) is 14.0. The lowest BCUT2D eigenvalue weighted by molar-refractivity contribution is -0.117. The molecule has 5 rings (SSSR count). The van der Waals surface area contributed by atoms with Crippen molar-refractivity contribution < 1.29 is 18.7 Å². The predicted octanol–water partition coefficient (Wildman–Crippen LogP) is 5.84. The summed E-state index contributed by atoms with van der Waals surface area (Å²) >= 11 is 0. The van der Waals surface area contributed by atoms with Crippen LogP contribution in [-0.2, 0) is 16.2 Å². The second-order valence-electron chi connectivity index (χ2n) is 8.90. The van der Waals surface area contributed by atoms with E-state index in [1.165, 1.54) is 12.1 Å². The molecule has 170 valence electrons. The molecular weight excluding hydrogens is 417 g/mol. The van der Waals surface area contributed by atoms with Gasteiger partial charge in [-0.2, -0.15) is 0 Å². The Morgan fingerprint density at radius 1 is 0.879 bits per heavy atom. The van der Waals surface area contributed by atoms with E-state index in [9.17, 15) is 14.0 Å². The second-order valence-corrected chi connectivity index (χ2v) is 8.90. The average Bonchev–Trinajstić information content (AvgIpc) is 2.83. The van der Waals surface area contributed by atoms with Crippen molar-refractivity contribution in [2.75, 3.05) is 6.54 Å². The van der Waals surface area contributed by atoms with Crippen LogP contribution in [-0.4, -0.2) is 23.0 Å². The van der Waals surface area contributed by atoms with Crippen LogP contribution in [0.15, 0.2) is 71.1 Å². The van der Waals surface area contributed by atoms with E-state index in [4.69, 9.17) is 4.74 Å². The molecule has 0 aromatic heterocycles. The van der Waals surface area contributed by atoms with Crippen LogP contribution < -0.4 is 4.74 Å². The maximum absolute atomic E-state index is 13.3. The summed E-state index contributed by atoms with van der Waals surface area (Å²) in [7, 11) is 0. The van der Waals surface area contributed by atoms with Crippen molar-refractivity contribution >= 4 is 11.6 Å². The molecule has 0 bridgehead atoms. The fourth-order valence-corrected chi connectivity index (χ4v) is 5.50. The summed E-state index contributed by atoms with van der Waals surface area (Å²) in [6.45, 7) is 3.13. The first kappa shape index (κ1) is 21.6. The van der Waals surface area contributed by atoms with E-state index in [1.54, 1.807) is 12.1 Å². The van der Waals surface area contributed by atoms with Gasteiger partial charge in [0.1, 0.15) is 18.2 Å². The highest BCUT2D eigenvalue weighted by molar-refractivity contribution is 6.06. The molecule has 5 heteroatoms. The third kappa shape index (κ3) is 3.90. The minimum absolute atomic E-state index is 0.137. The maximum atomic E-state index is 13.3. The molecule has 33 heavy (non-hydrogen) atoms. The molecule has 0 N–H and O–H groups in total. The van der Waals surface area contributed by atoms with Gasteiger partial charge < -0.3 is 9.64 Å². The fraction of sp³-hybridized carbons (Fsp3) is 0.357. The first-order chi connectivity index (χ1) is 16.1. The highest BCUT2D eigenvalue weighted by Gasteiger charge is 2.43. The summed E-state index contributed by atoms with van der Waals surface area (Å²) < 4.78 is 19.5. The lowest BCUT2D eigenvalue weighted by atomic mass is 9.70. The molecule has 0 spiro atoms. The van der Waals surface area contributed by atoms with Gasteiger partial charge in [0.15, 0.2) is 11.6 Å². The monoisotopic (exact) mass is 445 g/mol. The van der Waals surface area contributed by atoms with E-state index in [0.29, 0.717) is 18.6 Å². The smallest absolute Gasteiger partial charge is 0.161 e. The van der Waals surface area contributed by atoms with Crippen LogP contribution in [0.3, 0.4) is 0 Å². The Hall–Kier alpha value is -3.21. The van der Waals surface area contributed by atoms with Crippen molar-refractivity contribution in [2.45, 2.75) is 58.0 Å². The Morgan fingerprint density at radius 2 is 1.48 bits per heavy atom. The molecule has 0 radical (unpaired) electrons. The molecule has 1 aliphatic heterocycles. The number of halogens is 1. The number of hydrogen-bond acceptors (Lipinski definition) is 4. The van der Waals surface area contributed by atoms with Gasteiger partial charge in [0, 0.05) is 53.4 Å². The van der Waals surface area contributed by atoms with Gasteiger partial charge in [-0.25, -0.2) is 4.39 Å². The molecule has 4 nitrogen and oxygen atoms in total. The largest absolute Gasteiger partial charge is 0.489 e. The number of carbonyl (C=O) groups excluding carboxylic acids is 2. The molecule has 0 amide bonds.